The van der Waals surface area contributed by atoms with Crippen LogP contribution in [-0.4, -0.2) is 36.5 Å². The summed E-state index contributed by atoms with van der Waals surface area (Å²) in [5.41, 5.74) is 0. The molecular weight excluding hydrogens is 200 g/mol. The fourth-order valence-electron chi connectivity index (χ4n) is 2.32. The van der Waals surface area contributed by atoms with Crippen LogP contribution in [0.4, 0.5) is 0 Å². The Balaban J connectivity index is 1.74. The van der Waals surface area contributed by atoms with Crippen molar-refractivity contribution in [1.29, 1.82) is 0 Å². The summed E-state index contributed by atoms with van der Waals surface area (Å²) < 4.78 is 0. The van der Waals surface area contributed by atoms with E-state index in [-0.39, 0.29) is 6.04 Å². The third kappa shape index (κ3) is 3.48. The predicted molar refractivity (Wildman–Crippen MR) is 65.2 cm³/mol. The molecule has 1 atom stereocenters. The van der Waals surface area contributed by atoms with Crippen LogP contribution < -0.4 is 5.32 Å². The summed E-state index contributed by atoms with van der Waals surface area (Å²) in [6.07, 6.45) is 7.62. The van der Waals surface area contributed by atoms with Gasteiger partial charge in [0.2, 0.25) is 5.91 Å². The minimum absolute atomic E-state index is 0.0127. The van der Waals surface area contributed by atoms with Gasteiger partial charge in [0.15, 0.2) is 0 Å². The third-order valence-corrected chi connectivity index (χ3v) is 3.70. The van der Waals surface area contributed by atoms with Crippen LogP contribution in [0.15, 0.2) is 0 Å². The van der Waals surface area contributed by atoms with E-state index in [4.69, 9.17) is 0 Å². The van der Waals surface area contributed by atoms with E-state index in [0.29, 0.717) is 5.91 Å². The molecule has 1 saturated carbocycles. The van der Waals surface area contributed by atoms with Gasteiger partial charge in [0.25, 0.3) is 0 Å². The number of carbonyl (C=O) groups excluding carboxylic acids is 1. The van der Waals surface area contributed by atoms with Crippen LogP contribution in [-0.2, 0) is 4.79 Å². The zero-order valence-corrected chi connectivity index (χ0v) is 10.4. The lowest BCUT2D eigenvalue weighted by Gasteiger charge is -2.24. The standard InChI is InChI=1S/C13H24N2O/c1-11(14-10-12-6-7-12)13(16)15-8-4-2-3-5-9-15/h11-12,14H,2-10H2,1H3. The van der Waals surface area contributed by atoms with Crippen LogP contribution in [0.25, 0.3) is 0 Å². The van der Waals surface area contributed by atoms with E-state index in [1.807, 2.05) is 6.92 Å². The number of rotatable bonds is 4. The van der Waals surface area contributed by atoms with Crippen LogP contribution in [0.1, 0.15) is 45.4 Å². The molecule has 3 nitrogen and oxygen atoms in total. The smallest absolute Gasteiger partial charge is 0.239 e. The van der Waals surface area contributed by atoms with Crippen molar-refractivity contribution >= 4 is 5.91 Å². The monoisotopic (exact) mass is 224 g/mol. The number of likely N-dealkylation sites (tertiary alicyclic amines) is 1. The molecule has 0 radical (unpaired) electrons. The van der Waals surface area contributed by atoms with Crippen molar-refractivity contribution in [1.82, 2.24) is 10.2 Å². The summed E-state index contributed by atoms with van der Waals surface area (Å²) in [5.74, 6) is 1.15. The summed E-state index contributed by atoms with van der Waals surface area (Å²) in [6.45, 7) is 4.97. The van der Waals surface area contributed by atoms with Gasteiger partial charge in [-0.25, -0.2) is 0 Å². The fraction of sp³-hybridized carbons (Fsp3) is 0.923. The topological polar surface area (TPSA) is 32.3 Å². The first kappa shape index (κ1) is 11.9. The molecule has 2 fully saturated rings. The molecule has 16 heavy (non-hydrogen) atoms. The normalized spacial score (nSPS) is 23.9. The first-order valence-corrected chi connectivity index (χ1v) is 6.79. The first-order chi connectivity index (χ1) is 7.77. The maximum Gasteiger partial charge on any atom is 0.239 e. The summed E-state index contributed by atoms with van der Waals surface area (Å²) in [6, 6.07) is 0.0127. The lowest BCUT2D eigenvalue weighted by atomic mass is 10.2. The molecule has 0 aromatic heterocycles. The zero-order chi connectivity index (χ0) is 11.4. The van der Waals surface area contributed by atoms with Gasteiger partial charge in [0, 0.05) is 13.1 Å². The molecule has 0 spiro atoms. The second kappa shape index (κ2) is 5.67. The minimum Gasteiger partial charge on any atom is -0.341 e. The van der Waals surface area contributed by atoms with E-state index in [1.165, 1.54) is 38.5 Å². The molecule has 0 bridgehead atoms. The van der Waals surface area contributed by atoms with E-state index < -0.39 is 0 Å². The highest BCUT2D eigenvalue weighted by Crippen LogP contribution is 2.27. The Bertz CT molecular complexity index is 230. The number of amides is 1. The highest BCUT2D eigenvalue weighted by atomic mass is 16.2. The molecule has 1 aliphatic carbocycles. The maximum absolute atomic E-state index is 12.1. The van der Waals surface area contributed by atoms with Crippen molar-refractivity contribution < 1.29 is 4.79 Å². The number of hydrogen-bond acceptors (Lipinski definition) is 2. The molecule has 1 saturated heterocycles. The molecule has 3 heteroatoms. The van der Waals surface area contributed by atoms with Gasteiger partial charge >= 0.3 is 0 Å². The molecule has 2 rings (SSSR count). The SMILES string of the molecule is CC(NCC1CC1)C(=O)N1CCCCCC1. The Labute approximate surface area is 98.6 Å². The lowest BCUT2D eigenvalue weighted by Crippen LogP contribution is -2.45. The Morgan fingerprint density at radius 1 is 1.25 bits per heavy atom. The molecule has 1 N–H and O–H groups in total. The molecule has 1 amide bonds. The van der Waals surface area contributed by atoms with Gasteiger partial charge in [-0.3, -0.25) is 4.79 Å². The highest BCUT2D eigenvalue weighted by molar-refractivity contribution is 5.81. The Kier molecular flexibility index (Phi) is 4.22. The van der Waals surface area contributed by atoms with Gasteiger partial charge in [-0.05, 0) is 45.1 Å². The van der Waals surface area contributed by atoms with Crippen molar-refractivity contribution in [3.63, 3.8) is 0 Å². The number of nitrogens with one attached hydrogen (secondary N) is 1. The van der Waals surface area contributed by atoms with E-state index in [1.54, 1.807) is 0 Å². The van der Waals surface area contributed by atoms with Crippen LogP contribution in [0.3, 0.4) is 0 Å². The van der Waals surface area contributed by atoms with Crippen LogP contribution in [0, 0.1) is 5.92 Å². The summed E-state index contributed by atoms with van der Waals surface area (Å²) >= 11 is 0. The van der Waals surface area contributed by atoms with Crippen molar-refractivity contribution in [3.05, 3.63) is 0 Å². The molecule has 1 heterocycles. The molecular formula is C13H24N2O. The summed E-state index contributed by atoms with van der Waals surface area (Å²) in [5, 5.41) is 3.37. The van der Waals surface area contributed by atoms with Gasteiger partial charge in [-0.2, -0.15) is 0 Å². The average Bonchev–Trinajstić information content (AvgIpc) is 3.11. The van der Waals surface area contributed by atoms with E-state index >= 15 is 0 Å². The molecule has 1 unspecified atom stereocenters. The Morgan fingerprint density at radius 2 is 1.88 bits per heavy atom. The van der Waals surface area contributed by atoms with E-state index in [0.717, 1.165) is 25.6 Å². The van der Waals surface area contributed by atoms with Gasteiger partial charge < -0.3 is 10.2 Å². The van der Waals surface area contributed by atoms with Crippen molar-refractivity contribution in [3.8, 4) is 0 Å². The average molecular weight is 224 g/mol. The molecule has 0 aromatic carbocycles. The Morgan fingerprint density at radius 3 is 2.44 bits per heavy atom. The largest absolute Gasteiger partial charge is 0.341 e. The van der Waals surface area contributed by atoms with Crippen molar-refractivity contribution in [2.75, 3.05) is 19.6 Å². The van der Waals surface area contributed by atoms with Crippen molar-refractivity contribution in [2.24, 2.45) is 5.92 Å². The molecule has 2 aliphatic rings. The quantitative estimate of drug-likeness (QED) is 0.789. The second-order valence-corrected chi connectivity index (χ2v) is 5.31. The Hall–Kier alpha value is -0.570. The fourth-order valence-corrected chi connectivity index (χ4v) is 2.32. The summed E-state index contributed by atoms with van der Waals surface area (Å²) in [7, 11) is 0. The third-order valence-electron chi connectivity index (χ3n) is 3.70. The molecule has 1 aliphatic heterocycles. The van der Waals surface area contributed by atoms with Crippen LogP contribution in [0.2, 0.25) is 0 Å². The summed E-state index contributed by atoms with van der Waals surface area (Å²) in [4.78, 5) is 14.2. The van der Waals surface area contributed by atoms with E-state index in [9.17, 15) is 4.79 Å². The van der Waals surface area contributed by atoms with E-state index in [2.05, 4.69) is 10.2 Å². The predicted octanol–water partition coefficient (Wildman–Crippen LogP) is 1.78. The second-order valence-electron chi connectivity index (χ2n) is 5.31. The molecule has 0 aromatic rings. The minimum atomic E-state index is 0.0127. The van der Waals surface area contributed by atoms with Gasteiger partial charge in [0.1, 0.15) is 0 Å². The van der Waals surface area contributed by atoms with Gasteiger partial charge in [-0.15, -0.1) is 0 Å². The molecule has 92 valence electrons. The van der Waals surface area contributed by atoms with Crippen molar-refractivity contribution in [2.45, 2.75) is 51.5 Å². The first-order valence-electron chi connectivity index (χ1n) is 6.79. The highest BCUT2D eigenvalue weighted by Gasteiger charge is 2.25. The maximum atomic E-state index is 12.1. The van der Waals surface area contributed by atoms with Gasteiger partial charge in [-0.1, -0.05) is 12.8 Å². The number of nitrogens with zero attached hydrogens (tertiary/aromatic N) is 1. The number of hydrogen-bond donors (Lipinski definition) is 1. The van der Waals surface area contributed by atoms with Crippen LogP contribution in [0.5, 0.6) is 0 Å². The van der Waals surface area contributed by atoms with Gasteiger partial charge in [0.05, 0.1) is 6.04 Å². The zero-order valence-electron chi connectivity index (χ0n) is 10.4. The van der Waals surface area contributed by atoms with Crippen LogP contribution >= 0.6 is 0 Å². The number of carbonyl (C=O) groups is 1. The lowest BCUT2D eigenvalue weighted by molar-refractivity contribution is -0.133.